The maximum atomic E-state index is 12.8. The molecule has 0 saturated carbocycles. The lowest BCUT2D eigenvalue weighted by atomic mass is 10.1. The van der Waals surface area contributed by atoms with Gasteiger partial charge in [0.2, 0.25) is 5.91 Å². The van der Waals surface area contributed by atoms with Crippen molar-refractivity contribution in [3.63, 3.8) is 0 Å². The number of halogens is 3. The van der Waals surface area contributed by atoms with E-state index in [2.05, 4.69) is 5.32 Å². The van der Waals surface area contributed by atoms with E-state index in [1.807, 2.05) is 0 Å². The van der Waals surface area contributed by atoms with Crippen LogP contribution in [-0.2, 0) is 25.3 Å². The molecule has 158 valence electrons. The molecule has 1 fully saturated rings. The van der Waals surface area contributed by atoms with E-state index in [-0.39, 0.29) is 18.0 Å². The standard InChI is InChI=1S/C19H21F3N2O4S/c1-11(18(27)24-7-3-2-4-8-24)28-16(25)10-15-17(26)23-13-9-12(19(20,21)22)5-6-14(13)29-15/h5-6,9,11,15H,2-4,7-8,10H2,1H3,(H,23,26). The van der Waals surface area contributed by atoms with E-state index in [4.69, 9.17) is 4.74 Å². The van der Waals surface area contributed by atoms with Crippen LogP contribution in [0.25, 0.3) is 0 Å². The number of carbonyl (C=O) groups is 3. The number of rotatable bonds is 4. The number of hydrogen-bond donors (Lipinski definition) is 1. The normalized spacial score (nSPS) is 20.5. The van der Waals surface area contributed by atoms with Crippen LogP contribution in [0.1, 0.15) is 38.2 Å². The zero-order valence-electron chi connectivity index (χ0n) is 15.8. The Bertz CT molecular complexity index is 809. The van der Waals surface area contributed by atoms with Gasteiger partial charge in [0.05, 0.1) is 22.9 Å². The number of hydrogen-bond acceptors (Lipinski definition) is 5. The van der Waals surface area contributed by atoms with Crippen molar-refractivity contribution in [3.05, 3.63) is 23.8 Å². The molecule has 2 atom stereocenters. The van der Waals surface area contributed by atoms with Crippen molar-refractivity contribution in [1.29, 1.82) is 0 Å². The molecule has 2 heterocycles. The summed E-state index contributed by atoms with van der Waals surface area (Å²) in [7, 11) is 0. The average molecular weight is 430 g/mol. The van der Waals surface area contributed by atoms with Gasteiger partial charge in [-0.3, -0.25) is 14.4 Å². The predicted octanol–water partition coefficient (Wildman–Crippen LogP) is 3.45. The summed E-state index contributed by atoms with van der Waals surface area (Å²) in [5, 5.41) is 1.57. The molecule has 1 aromatic carbocycles. The maximum absolute atomic E-state index is 12.8. The molecule has 2 unspecified atom stereocenters. The molecule has 0 radical (unpaired) electrons. The van der Waals surface area contributed by atoms with Gasteiger partial charge in [0, 0.05) is 18.0 Å². The smallest absolute Gasteiger partial charge is 0.416 e. The van der Waals surface area contributed by atoms with E-state index in [0.29, 0.717) is 18.0 Å². The van der Waals surface area contributed by atoms with Gasteiger partial charge >= 0.3 is 12.1 Å². The van der Waals surface area contributed by atoms with Crippen LogP contribution in [0.5, 0.6) is 0 Å². The van der Waals surface area contributed by atoms with E-state index >= 15 is 0 Å². The Hall–Kier alpha value is -2.23. The molecule has 10 heteroatoms. The van der Waals surface area contributed by atoms with Crippen LogP contribution in [0.3, 0.4) is 0 Å². The van der Waals surface area contributed by atoms with E-state index in [1.165, 1.54) is 13.0 Å². The minimum absolute atomic E-state index is 0.0630. The second-order valence-corrected chi connectivity index (χ2v) is 8.27. The third kappa shape index (κ3) is 5.23. The van der Waals surface area contributed by atoms with E-state index < -0.39 is 35.0 Å². The van der Waals surface area contributed by atoms with Crippen molar-refractivity contribution in [2.24, 2.45) is 0 Å². The quantitative estimate of drug-likeness (QED) is 0.741. The van der Waals surface area contributed by atoms with Crippen molar-refractivity contribution in [2.75, 3.05) is 18.4 Å². The van der Waals surface area contributed by atoms with Gasteiger partial charge < -0.3 is 15.0 Å². The number of amides is 2. The third-order valence-electron chi connectivity index (χ3n) is 4.80. The number of thioether (sulfide) groups is 1. The second kappa shape index (κ2) is 8.64. The fraction of sp³-hybridized carbons (Fsp3) is 0.526. The summed E-state index contributed by atoms with van der Waals surface area (Å²) in [6, 6.07) is 3.06. The lowest BCUT2D eigenvalue weighted by Crippen LogP contribution is -2.43. The van der Waals surface area contributed by atoms with Crippen molar-refractivity contribution >= 4 is 35.2 Å². The highest BCUT2D eigenvalue weighted by Gasteiger charge is 2.35. The molecule has 2 aliphatic rings. The third-order valence-corrected chi connectivity index (χ3v) is 6.08. The van der Waals surface area contributed by atoms with Crippen LogP contribution in [0.15, 0.2) is 23.1 Å². The van der Waals surface area contributed by atoms with Gasteiger partial charge in [0.1, 0.15) is 0 Å². The van der Waals surface area contributed by atoms with Crippen molar-refractivity contribution in [1.82, 2.24) is 4.90 Å². The fourth-order valence-corrected chi connectivity index (χ4v) is 4.36. The van der Waals surface area contributed by atoms with Crippen LogP contribution in [0, 0.1) is 0 Å². The minimum Gasteiger partial charge on any atom is -0.452 e. The number of likely N-dealkylation sites (tertiary alicyclic amines) is 1. The molecular formula is C19H21F3N2O4S. The van der Waals surface area contributed by atoms with Gasteiger partial charge in [-0.1, -0.05) is 0 Å². The van der Waals surface area contributed by atoms with Crippen LogP contribution in [0.4, 0.5) is 18.9 Å². The van der Waals surface area contributed by atoms with Crippen LogP contribution >= 0.6 is 11.8 Å². The van der Waals surface area contributed by atoms with Gasteiger partial charge in [-0.15, -0.1) is 11.8 Å². The molecule has 0 aliphatic carbocycles. The van der Waals surface area contributed by atoms with Crippen molar-refractivity contribution in [2.45, 2.75) is 55.0 Å². The van der Waals surface area contributed by atoms with Gasteiger partial charge in [0.15, 0.2) is 6.10 Å². The Morgan fingerprint density at radius 3 is 2.62 bits per heavy atom. The molecular weight excluding hydrogens is 409 g/mol. The first kappa shape index (κ1) is 21.5. The molecule has 1 N–H and O–H groups in total. The largest absolute Gasteiger partial charge is 0.452 e. The lowest BCUT2D eigenvalue weighted by Gasteiger charge is -2.29. The highest BCUT2D eigenvalue weighted by Crippen LogP contribution is 2.40. The molecule has 2 aliphatic heterocycles. The summed E-state index contributed by atoms with van der Waals surface area (Å²) >= 11 is 1.00. The first-order valence-electron chi connectivity index (χ1n) is 9.32. The molecule has 0 spiro atoms. The number of piperidine rings is 1. The number of carbonyl (C=O) groups excluding carboxylic acids is 3. The highest BCUT2D eigenvalue weighted by atomic mass is 32.2. The van der Waals surface area contributed by atoms with Crippen LogP contribution < -0.4 is 5.32 Å². The number of benzene rings is 1. The summed E-state index contributed by atoms with van der Waals surface area (Å²) in [4.78, 5) is 38.9. The van der Waals surface area contributed by atoms with E-state index in [1.54, 1.807) is 4.90 Å². The fourth-order valence-electron chi connectivity index (χ4n) is 3.28. The lowest BCUT2D eigenvalue weighted by molar-refractivity contribution is -0.159. The van der Waals surface area contributed by atoms with Crippen molar-refractivity contribution < 1.29 is 32.3 Å². The number of nitrogens with one attached hydrogen (secondary N) is 1. The molecule has 1 aromatic rings. The highest BCUT2D eigenvalue weighted by molar-refractivity contribution is 8.01. The first-order chi connectivity index (χ1) is 13.6. The van der Waals surface area contributed by atoms with Gasteiger partial charge in [-0.05, 0) is 44.4 Å². The summed E-state index contributed by atoms with van der Waals surface area (Å²) in [6.45, 7) is 2.77. The van der Waals surface area contributed by atoms with Crippen LogP contribution in [-0.4, -0.2) is 47.1 Å². The summed E-state index contributed by atoms with van der Waals surface area (Å²) in [5.41, 5.74) is -0.798. The zero-order valence-corrected chi connectivity index (χ0v) is 16.6. The van der Waals surface area contributed by atoms with E-state index in [0.717, 1.165) is 43.2 Å². The summed E-state index contributed by atoms with van der Waals surface area (Å²) in [6.07, 6.45) is -2.84. The Morgan fingerprint density at radius 1 is 1.28 bits per heavy atom. The Balaban J connectivity index is 1.58. The molecule has 6 nitrogen and oxygen atoms in total. The van der Waals surface area contributed by atoms with Gasteiger partial charge in [0.25, 0.3) is 5.91 Å². The number of ether oxygens (including phenoxy) is 1. The average Bonchev–Trinajstić information content (AvgIpc) is 2.67. The minimum atomic E-state index is -4.51. The number of anilines is 1. The summed E-state index contributed by atoms with van der Waals surface area (Å²) < 4.78 is 43.6. The predicted molar refractivity (Wildman–Crippen MR) is 100 cm³/mol. The van der Waals surface area contributed by atoms with Gasteiger partial charge in [-0.25, -0.2) is 0 Å². The second-order valence-electron chi connectivity index (χ2n) is 7.03. The first-order valence-corrected chi connectivity index (χ1v) is 10.2. The summed E-state index contributed by atoms with van der Waals surface area (Å²) in [5.74, 6) is -1.54. The Kier molecular flexibility index (Phi) is 6.40. The SMILES string of the molecule is CC(OC(=O)CC1Sc2ccc(C(F)(F)F)cc2NC1=O)C(=O)N1CCCCC1. The van der Waals surface area contributed by atoms with E-state index in [9.17, 15) is 27.6 Å². The number of alkyl halides is 3. The maximum Gasteiger partial charge on any atom is 0.416 e. The topological polar surface area (TPSA) is 75.7 Å². The Morgan fingerprint density at radius 2 is 1.97 bits per heavy atom. The molecule has 1 saturated heterocycles. The monoisotopic (exact) mass is 430 g/mol. The molecule has 29 heavy (non-hydrogen) atoms. The number of fused-ring (bicyclic) bond motifs is 1. The molecule has 3 rings (SSSR count). The number of nitrogens with zero attached hydrogens (tertiary/aromatic N) is 1. The molecule has 0 bridgehead atoms. The van der Waals surface area contributed by atoms with Crippen molar-refractivity contribution in [3.8, 4) is 0 Å². The number of esters is 1. The van der Waals surface area contributed by atoms with Gasteiger partial charge in [-0.2, -0.15) is 13.2 Å². The molecule has 0 aromatic heterocycles. The van der Waals surface area contributed by atoms with Crippen LogP contribution in [0.2, 0.25) is 0 Å². The zero-order chi connectivity index (χ0) is 21.2. The molecule has 2 amide bonds. The Labute approximate surface area is 170 Å².